The van der Waals surface area contributed by atoms with Crippen LogP contribution in [0.25, 0.3) is 10.9 Å². The smallest absolute Gasteiger partial charge is 0.269 e. The lowest BCUT2D eigenvalue weighted by Gasteiger charge is -2.07. The molecular formula is C16H15N3OS. The fourth-order valence-corrected chi connectivity index (χ4v) is 2.87. The molecule has 0 spiro atoms. The van der Waals surface area contributed by atoms with E-state index in [1.54, 1.807) is 17.4 Å². The van der Waals surface area contributed by atoms with Gasteiger partial charge in [0.15, 0.2) is 0 Å². The Bertz CT molecular complexity index is 768. The molecule has 5 heteroatoms. The fourth-order valence-electron chi connectivity index (χ4n) is 2.16. The van der Waals surface area contributed by atoms with Crippen LogP contribution in [0.5, 0.6) is 0 Å². The summed E-state index contributed by atoms with van der Waals surface area (Å²) in [5.74, 6) is -0.191. The van der Waals surface area contributed by atoms with Gasteiger partial charge in [0.2, 0.25) is 0 Å². The highest BCUT2D eigenvalue weighted by molar-refractivity contribution is 7.09. The van der Waals surface area contributed by atoms with Crippen molar-refractivity contribution in [1.29, 1.82) is 0 Å². The van der Waals surface area contributed by atoms with E-state index in [2.05, 4.69) is 16.4 Å². The molecule has 4 nitrogen and oxygen atoms in total. The number of thiophene rings is 1. The summed E-state index contributed by atoms with van der Waals surface area (Å²) >= 11 is 1.69. The van der Waals surface area contributed by atoms with Gasteiger partial charge >= 0.3 is 0 Å². The molecule has 1 amide bonds. The van der Waals surface area contributed by atoms with Crippen LogP contribution in [0.2, 0.25) is 0 Å². The zero-order valence-electron chi connectivity index (χ0n) is 11.4. The number of hydrogen-bond donors (Lipinski definition) is 2. The molecule has 0 bridgehead atoms. The van der Waals surface area contributed by atoms with Crippen molar-refractivity contribution in [2.45, 2.75) is 6.42 Å². The first kappa shape index (κ1) is 13.6. The highest BCUT2D eigenvalue weighted by atomic mass is 32.1. The van der Waals surface area contributed by atoms with Crippen molar-refractivity contribution >= 4 is 33.8 Å². The molecule has 3 N–H and O–H groups in total. The Kier molecular flexibility index (Phi) is 3.83. The minimum Gasteiger partial charge on any atom is -0.398 e. The molecule has 3 rings (SSSR count). The van der Waals surface area contributed by atoms with E-state index in [1.165, 1.54) is 4.88 Å². The first-order valence-corrected chi connectivity index (χ1v) is 7.58. The maximum atomic E-state index is 12.1. The van der Waals surface area contributed by atoms with Crippen LogP contribution in [0.15, 0.2) is 47.8 Å². The van der Waals surface area contributed by atoms with E-state index in [-0.39, 0.29) is 5.91 Å². The van der Waals surface area contributed by atoms with Crippen LogP contribution in [0.4, 0.5) is 5.69 Å². The summed E-state index contributed by atoms with van der Waals surface area (Å²) in [7, 11) is 0. The maximum Gasteiger partial charge on any atom is 0.269 e. The molecule has 2 aromatic heterocycles. The third-order valence-corrected chi connectivity index (χ3v) is 4.15. The molecule has 0 saturated carbocycles. The molecule has 106 valence electrons. The summed E-state index contributed by atoms with van der Waals surface area (Å²) in [4.78, 5) is 17.8. The van der Waals surface area contributed by atoms with Crippen LogP contribution in [0.3, 0.4) is 0 Å². The van der Waals surface area contributed by atoms with E-state index in [0.717, 1.165) is 17.3 Å². The third kappa shape index (κ3) is 3.03. The summed E-state index contributed by atoms with van der Waals surface area (Å²) in [6.07, 6.45) is 0.826. The lowest BCUT2D eigenvalue weighted by atomic mass is 10.1. The minimum atomic E-state index is -0.191. The van der Waals surface area contributed by atoms with Crippen molar-refractivity contribution in [2.24, 2.45) is 0 Å². The number of nitrogens with zero attached hydrogens (tertiary/aromatic N) is 1. The zero-order valence-corrected chi connectivity index (χ0v) is 12.2. The number of para-hydroxylation sites is 1. The van der Waals surface area contributed by atoms with Gasteiger partial charge in [-0.2, -0.15) is 0 Å². The van der Waals surface area contributed by atoms with E-state index in [1.807, 2.05) is 35.7 Å². The number of rotatable bonds is 4. The number of nitrogens with one attached hydrogen (secondary N) is 1. The SMILES string of the molecule is Nc1cc(C(=O)NCCc2cccs2)nc2ccccc12. The number of pyridine rings is 1. The van der Waals surface area contributed by atoms with Crippen molar-refractivity contribution in [3.8, 4) is 0 Å². The fraction of sp³-hybridized carbons (Fsp3) is 0.125. The average Bonchev–Trinajstić information content (AvgIpc) is 3.00. The van der Waals surface area contributed by atoms with Crippen molar-refractivity contribution in [3.05, 3.63) is 58.4 Å². The van der Waals surface area contributed by atoms with E-state index in [9.17, 15) is 4.79 Å². The van der Waals surface area contributed by atoms with Crippen molar-refractivity contribution < 1.29 is 4.79 Å². The molecule has 2 heterocycles. The number of nitrogen functional groups attached to an aromatic ring is 1. The summed E-state index contributed by atoms with van der Waals surface area (Å²) < 4.78 is 0. The Morgan fingerprint density at radius 2 is 2.10 bits per heavy atom. The van der Waals surface area contributed by atoms with Crippen molar-refractivity contribution in [1.82, 2.24) is 10.3 Å². The molecule has 0 atom stereocenters. The first-order chi connectivity index (χ1) is 10.2. The third-order valence-electron chi connectivity index (χ3n) is 3.22. The van der Waals surface area contributed by atoms with Crippen LogP contribution in [0.1, 0.15) is 15.4 Å². The number of hydrogen-bond acceptors (Lipinski definition) is 4. The average molecular weight is 297 g/mol. The van der Waals surface area contributed by atoms with E-state index >= 15 is 0 Å². The van der Waals surface area contributed by atoms with E-state index in [0.29, 0.717) is 17.9 Å². The van der Waals surface area contributed by atoms with Gasteiger partial charge in [-0.3, -0.25) is 4.79 Å². The molecule has 1 aromatic carbocycles. The summed E-state index contributed by atoms with van der Waals surface area (Å²) in [6, 6.07) is 13.2. The van der Waals surface area contributed by atoms with Gasteiger partial charge in [0.25, 0.3) is 5.91 Å². The maximum absolute atomic E-state index is 12.1. The molecular weight excluding hydrogens is 282 g/mol. The normalized spacial score (nSPS) is 10.7. The zero-order chi connectivity index (χ0) is 14.7. The quantitative estimate of drug-likeness (QED) is 0.778. The highest BCUT2D eigenvalue weighted by Crippen LogP contribution is 2.20. The standard InChI is InChI=1S/C16H15N3OS/c17-13-10-15(19-14-6-2-1-5-12(13)14)16(20)18-8-7-11-4-3-9-21-11/h1-6,9-10H,7-8H2,(H2,17,19)(H,18,20). The summed E-state index contributed by atoms with van der Waals surface area (Å²) in [6.45, 7) is 0.591. The molecule has 3 aromatic rings. The van der Waals surface area contributed by atoms with Gasteiger partial charge in [-0.1, -0.05) is 24.3 Å². The Balaban J connectivity index is 1.72. The monoisotopic (exact) mass is 297 g/mol. The number of nitrogens with two attached hydrogens (primary N) is 1. The van der Waals surface area contributed by atoms with Crippen LogP contribution in [0, 0.1) is 0 Å². The Hall–Kier alpha value is -2.40. The Morgan fingerprint density at radius 3 is 2.90 bits per heavy atom. The molecule has 0 saturated heterocycles. The second-order valence-corrected chi connectivity index (χ2v) is 5.73. The molecule has 0 radical (unpaired) electrons. The van der Waals surface area contributed by atoms with E-state index in [4.69, 9.17) is 5.73 Å². The predicted molar refractivity (Wildman–Crippen MR) is 86.5 cm³/mol. The van der Waals surface area contributed by atoms with Crippen LogP contribution < -0.4 is 11.1 Å². The number of benzene rings is 1. The van der Waals surface area contributed by atoms with Crippen LogP contribution in [-0.4, -0.2) is 17.4 Å². The topological polar surface area (TPSA) is 68.0 Å². The Labute approximate surface area is 126 Å². The summed E-state index contributed by atoms with van der Waals surface area (Å²) in [5, 5.41) is 5.78. The van der Waals surface area contributed by atoms with Gasteiger partial charge in [0.05, 0.1) is 5.52 Å². The van der Waals surface area contributed by atoms with Crippen LogP contribution >= 0.6 is 11.3 Å². The molecule has 0 aliphatic heterocycles. The lowest BCUT2D eigenvalue weighted by molar-refractivity contribution is 0.0949. The van der Waals surface area contributed by atoms with Gasteiger partial charge in [-0.25, -0.2) is 4.98 Å². The van der Waals surface area contributed by atoms with Gasteiger partial charge < -0.3 is 11.1 Å². The molecule has 0 aliphatic carbocycles. The van der Waals surface area contributed by atoms with Gasteiger partial charge in [-0.15, -0.1) is 11.3 Å². The number of fused-ring (bicyclic) bond motifs is 1. The lowest BCUT2D eigenvalue weighted by Crippen LogP contribution is -2.26. The number of carbonyl (C=O) groups excluding carboxylic acids is 1. The predicted octanol–water partition coefficient (Wildman–Crippen LogP) is 2.85. The first-order valence-electron chi connectivity index (χ1n) is 6.70. The molecule has 0 aliphatic rings. The molecule has 0 unspecified atom stereocenters. The summed E-state index contributed by atoms with van der Waals surface area (Å²) in [5.41, 5.74) is 7.65. The van der Waals surface area contributed by atoms with Crippen LogP contribution in [-0.2, 0) is 6.42 Å². The molecule has 21 heavy (non-hydrogen) atoms. The number of amides is 1. The van der Waals surface area contributed by atoms with E-state index < -0.39 is 0 Å². The minimum absolute atomic E-state index is 0.191. The van der Waals surface area contributed by atoms with Crippen molar-refractivity contribution in [3.63, 3.8) is 0 Å². The second-order valence-electron chi connectivity index (χ2n) is 4.70. The number of carbonyl (C=O) groups is 1. The van der Waals surface area contributed by atoms with Gasteiger partial charge in [0.1, 0.15) is 5.69 Å². The largest absolute Gasteiger partial charge is 0.398 e. The van der Waals surface area contributed by atoms with Gasteiger partial charge in [0, 0.05) is 22.5 Å². The highest BCUT2D eigenvalue weighted by Gasteiger charge is 2.10. The second kappa shape index (κ2) is 5.93. The Morgan fingerprint density at radius 1 is 1.24 bits per heavy atom. The van der Waals surface area contributed by atoms with Crippen molar-refractivity contribution in [2.75, 3.05) is 12.3 Å². The molecule has 0 fully saturated rings. The van der Waals surface area contributed by atoms with Gasteiger partial charge in [-0.05, 0) is 30.0 Å². The number of aromatic nitrogens is 1. The number of anilines is 1.